The maximum Gasteiger partial charge on any atom is 0.241 e. The van der Waals surface area contributed by atoms with E-state index in [2.05, 4.69) is 25.0 Å². The lowest BCUT2D eigenvalue weighted by atomic mass is 10.2. The average Bonchev–Trinajstić information content (AvgIpc) is 3.11. The molecule has 4 aromatic rings. The molecular formula is C19H16ClN5O. The zero-order chi connectivity index (χ0) is 17.9. The summed E-state index contributed by atoms with van der Waals surface area (Å²) in [7, 11) is 1.98. The zero-order valence-corrected chi connectivity index (χ0v) is 14.9. The highest BCUT2D eigenvalue weighted by atomic mass is 35.5. The Morgan fingerprint density at radius 3 is 2.77 bits per heavy atom. The molecule has 4 rings (SSSR count). The Hall–Kier alpha value is -2.83. The Morgan fingerprint density at radius 1 is 1.00 bits per heavy atom. The first-order chi connectivity index (χ1) is 12.7. The van der Waals surface area contributed by atoms with Gasteiger partial charge in [0.15, 0.2) is 0 Å². The summed E-state index contributed by atoms with van der Waals surface area (Å²) in [6.45, 7) is 1.16. The molecule has 26 heavy (non-hydrogen) atoms. The van der Waals surface area contributed by atoms with E-state index in [-0.39, 0.29) is 0 Å². The molecule has 0 amide bonds. The van der Waals surface area contributed by atoms with Gasteiger partial charge in [-0.05, 0) is 31.3 Å². The predicted octanol–water partition coefficient (Wildman–Crippen LogP) is 3.97. The van der Waals surface area contributed by atoms with Crippen molar-refractivity contribution in [1.29, 1.82) is 0 Å². The van der Waals surface area contributed by atoms with Gasteiger partial charge in [-0.1, -0.05) is 41.0 Å². The van der Waals surface area contributed by atoms with E-state index in [1.807, 2.05) is 55.6 Å². The maximum absolute atomic E-state index is 6.24. The summed E-state index contributed by atoms with van der Waals surface area (Å²) in [5.41, 5.74) is 2.43. The average molecular weight is 366 g/mol. The van der Waals surface area contributed by atoms with Crippen molar-refractivity contribution in [3.63, 3.8) is 0 Å². The largest absolute Gasteiger partial charge is 0.337 e. The summed E-state index contributed by atoms with van der Waals surface area (Å²) >= 11 is 6.24. The van der Waals surface area contributed by atoms with Crippen molar-refractivity contribution in [2.24, 2.45) is 0 Å². The molecule has 3 heterocycles. The van der Waals surface area contributed by atoms with Crippen LogP contribution in [0.4, 0.5) is 0 Å². The third-order valence-corrected chi connectivity index (χ3v) is 4.23. The highest BCUT2D eigenvalue weighted by Gasteiger charge is 2.12. The molecule has 130 valence electrons. The van der Waals surface area contributed by atoms with Crippen LogP contribution in [0.15, 0.2) is 59.3 Å². The second-order valence-corrected chi connectivity index (χ2v) is 6.42. The van der Waals surface area contributed by atoms with Crippen LogP contribution in [0, 0.1) is 0 Å². The second-order valence-electron chi connectivity index (χ2n) is 6.01. The number of rotatable bonds is 5. The van der Waals surface area contributed by atoms with Gasteiger partial charge in [-0.2, -0.15) is 4.98 Å². The Bertz CT molecular complexity index is 1030. The number of hydrogen-bond acceptors (Lipinski definition) is 6. The normalized spacial score (nSPS) is 11.3. The van der Waals surface area contributed by atoms with Crippen LogP contribution >= 0.6 is 11.6 Å². The molecule has 0 aliphatic heterocycles. The van der Waals surface area contributed by atoms with Gasteiger partial charge < -0.3 is 4.52 Å². The molecule has 1 aromatic carbocycles. The molecule has 0 aliphatic carbocycles. The lowest BCUT2D eigenvalue weighted by Gasteiger charge is -2.14. The van der Waals surface area contributed by atoms with Crippen molar-refractivity contribution in [1.82, 2.24) is 25.0 Å². The fourth-order valence-corrected chi connectivity index (χ4v) is 2.94. The van der Waals surface area contributed by atoms with Gasteiger partial charge in [0.05, 0.1) is 22.8 Å². The Kier molecular flexibility index (Phi) is 4.60. The molecule has 0 aliphatic rings. The Morgan fingerprint density at radius 2 is 1.92 bits per heavy atom. The minimum Gasteiger partial charge on any atom is -0.337 e. The van der Waals surface area contributed by atoms with Gasteiger partial charge in [-0.25, -0.2) is 4.98 Å². The van der Waals surface area contributed by atoms with Crippen molar-refractivity contribution >= 4 is 22.5 Å². The van der Waals surface area contributed by atoms with E-state index in [0.717, 1.165) is 16.6 Å². The molecule has 0 atom stereocenters. The molecule has 6 nitrogen and oxygen atoms in total. The number of hydrogen-bond donors (Lipinski definition) is 0. The van der Waals surface area contributed by atoms with Crippen molar-refractivity contribution in [3.8, 4) is 11.5 Å². The first-order valence-electron chi connectivity index (χ1n) is 8.16. The maximum atomic E-state index is 6.24. The molecule has 0 unspecified atom stereocenters. The molecular weight excluding hydrogens is 350 g/mol. The van der Waals surface area contributed by atoms with Crippen LogP contribution in [0.1, 0.15) is 11.6 Å². The van der Waals surface area contributed by atoms with Crippen LogP contribution in [0.25, 0.3) is 22.4 Å². The van der Waals surface area contributed by atoms with E-state index in [9.17, 15) is 0 Å². The standard InChI is InChI=1S/C19H16ClN5O/c1-25(11-14-9-8-13-5-4-6-15(20)18(13)22-14)12-17-23-19(24-26-17)16-7-2-3-10-21-16/h2-10H,11-12H2,1H3. The smallest absolute Gasteiger partial charge is 0.241 e. The summed E-state index contributed by atoms with van der Waals surface area (Å²) < 4.78 is 5.33. The van der Waals surface area contributed by atoms with E-state index in [1.165, 1.54) is 0 Å². The van der Waals surface area contributed by atoms with Crippen LogP contribution in [0.2, 0.25) is 5.02 Å². The van der Waals surface area contributed by atoms with Crippen LogP contribution in [0.5, 0.6) is 0 Å². The van der Waals surface area contributed by atoms with E-state index in [0.29, 0.717) is 35.5 Å². The molecule has 0 bridgehead atoms. The van der Waals surface area contributed by atoms with E-state index in [1.54, 1.807) is 6.20 Å². The number of nitrogens with zero attached hydrogens (tertiary/aromatic N) is 5. The number of halogens is 1. The number of aromatic nitrogens is 4. The summed E-state index contributed by atoms with van der Waals surface area (Å²) in [5.74, 6) is 1.02. The Labute approximate surface area is 155 Å². The Balaban J connectivity index is 1.47. The van der Waals surface area contributed by atoms with Gasteiger partial charge in [-0.3, -0.25) is 9.88 Å². The molecule has 7 heteroatoms. The number of pyridine rings is 2. The fourth-order valence-electron chi connectivity index (χ4n) is 2.72. The molecule has 0 radical (unpaired) electrons. The van der Waals surface area contributed by atoms with Gasteiger partial charge in [0, 0.05) is 18.1 Å². The van der Waals surface area contributed by atoms with E-state index in [4.69, 9.17) is 16.1 Å². The zero-order valence-electron chi connectivity index (χ0n) is 14.1. The first-order valence-corrected chi connectivity index (χ1v) is 8.53. The van der Waals surface area contributed by atoms with Crippen LogP contribution in [-0.2, 0) is 13.1 Å². The monoisotopic (exact) mass is 365 g/mol. The molecule has 0 spiro atoms. The van der Waals surface area contributed by atoms with E-state index < -0.39 is 0 Å². The van der Waals surface area contributed by atoms with Gasteiger partial charge in [0.2, 0.25) is 11.7 Å². The molecule has 0 saturated carbocycles. The number of fused-ring (bicyclic) bond motifs is 1. The van der Waals surface area contributed by atoms with E-state index >= 15 is 0 Å². The number of benzene rings is 1. The third kappa shape index (κ3) is 3.56. The molecule has 3 aromatic heterocycles. The highest BCUT2D eigenvalue weighted by Crippen LogP contribution is 2.22. The lowest BCUT2D eigenvalue weighted by Crippen LogP contribution is -2.18. The fraction of sp³-hybridized carbons (Fsp3) is 0.158. The lowest BCUT2D eigenvalue weighted by molar-refractivity contribution is 0.259. The molecule has 0 fully saturated rings. The van der Waals surface area contributed by atoms with Gasteiger partial charge in [-0.15, -0.1) is 0 Å². The minimum atomic E-state index is 0.490. The van der Waals surface area contributed by atoms with Gasteiger partial charge in [0.1, 0.15) is 5.69 Å². The van der Waals surface area contributed by atoms with Crippen LogP contribution in [-0.4, -0.2) is 32.1 Å². The molecule has 0 N–H and O–H groups in total. The predicted molar refractivity (Wildman–Crippen MR) is 99.5 cm³/mol. The van der Waals surface area contributed by atoms with Crippen molar-refractivity contribution in [3.05, 3.63) is 71.3 Å². The van der Waals surface area contributed by atoms with Crippen LogP contribution in [0.3, 0.4) is 0 Å². The third-order valence-electron chi connectivity index (χ3n) is 3.93. The van der Waals surface area contributed by atoms with Gasteiger partial charge in [0.25, 0.3) is 0 Å². The second kappa shape index (κ2) is 7.19. The topological polar surface area (TPSA) is 67.9 Å². The SMILES string of the molecule is CN(Cc1ccc2cccc(Cl)c2n1)Cc1nc(-c2ccccn2)no1. The summed E-state index contributed by atoms with van der Waals surface area (Å²) in [4.78, 5) is 15.3. The number of para-hydroxylation sites is 1. The molecule has 0 saturated heterocycles. The highest BCUT2D eigenvalue weighted by molar-refractivity contribution is 6.35. The van der Waals surface area contributed by atoms with Crippen molar-refractivity contribution in [2.45, 2.75) is 13.1 Å². The first kappa shape index (κ1) is 16.6. The van der Waals surface area contributed by atoms with Gasteiger partial charge >= 0.3 is 0 Å². The summed E-state index contributed by atoms with van der Waals surface area (Å²) in [6, 6.07) is 15.4. The van der Waals surface area contributed by atoms with Crippen LogP contribution < -0.4 is 0 Å². The minimum absolute atomic E-state index is 0.490. The summed E-state index contributed by atoms with van der Waals surface area (Å²) in [6.07, 6.45) is 1.70. The quantitative estimate of drug-likeness (QED) is 0.533. The van der Waals surface area contributed by atoms with Crippen molar-refractivity contribution in [2.75, 3.05) is 7.05 Å². The summed E-state index contributed by atoms with van der Waals surface area (Å²) in [5, 5.41) is 5.68. The van der Waals surface area contributed by atoms with Crippen molar-refractivity contribution < 1.29 is 4.52 Å².